The Morgan fingerprint density at radius 2 is 1.50 bits per heavy atom. The van der Waals surface area contributed by atoms with Crippen LogP contribution >= 0.6 is 0 Å². The van der Waals surface area contributed by atoms with Crippen molar-refractivity contribution in [1.82, 2.24) is 9.80 Å². The Morgan fingerprint density at radius 1 is 0.870 bits per heavy atom. The summed E-state index contributed by atoms with van der Waals surface area (Å²) in [4.78, 5) is 29.3. The maximum absolute atomic E-state index is 13.9. The van der Waals surface area contributed by atoms with Crippen LogP contribution in [0.15, 0.2) is 54.2 Å². The summed E-state index contributed by atoms with van der Waals surface area (Å²) in [7, 11) is 0. The maximum atomic E-state index is 13.9. The zero-order valence-corrected chi connectivity index (χ0v) is 25.2. The minimum atomic E-state index is -5.00. The molecule has 12 heteroatoms. The molecule has 5 nitrogen and oxygen atoms in total. The molecule has 0 bridgehead atoms. The summed E-state index contributed by atoms with van der Waals surface area (Å²) in [5.74, 6) is -0.500. The van der Waals surface area contributed by atoms with Gasteiger partial charge in [0.25, 0.3) is 0 Å². The van der Waals surface area contributed by atoms with Crippen LogP contribution in [0.1, 0.15) is 79.7 Å². The average molecular weight is 653 g/mol. The molecule has 0 N–H and O–H groups in total. The number of fused-ring (bicyclic) bond motifs is 1. The second-order valence-corrected chi connectivity index (χ2v) is 13.0. The topological polar surface area (TPSA) is 49.9 Å². The molecule has 248 valence electrons. The van der Waals surface area contributed by atoms with Crippen molar-refractivity contribution in [2.75, 3.05) is 19.6 Å². The first-order valence-corrected chi connectivity index (χ1v) is 15.7. The fourth-order valence-electron chi connectivity index (χ4n) is 7.83. The molecule has 3 aliphatic heterocycles. The van der Waals surface area contributed by atoms with Crippen LogP contribution in [0.3, 0.4) is 0 Å². The number of benzene rings is 2. The lowest BCUT2D eigenvalue weighted by molar-refractivity contribution is -0.143. The van der Waals surface area contributed by atoms with Crippen molar-refractivity contribution in [3.63, 3.8) is 0 Å². The number of nitrogens with zero attached hydrogens (tertiary/aromatic N) is 2. The Labute approximate surface area is 262 Å². The molecule has 5 atom stereocenters. The Morgan fingerprint density at radius 3 is 2.07 bits per heavy atom. The Kier molecular flexibility index (Phi) is 8.71. The number of rotatable bonds is 6. The number of amides is 1. The van der Waals surface area contributed by atoms with E-state index in [0.717, 1.165) is 38.0 Å². The third kappa shape index (κ3) is 6.68. The number of ketones is 1. The van der Waals surface area contributed by atoms with Gasteiger partial charge < -0.3 is 14.5 Å². The molecule has 1 amide bonds. The van der Waals surface area contributed by atoms with Gasteiger partial charge in [0.2, 0.25) is 5.91 Å². The SMILES string of the molecule is C[C@@H](O[C@H]1CN2C(=O)CC(C3CCN(C4=CC(=O)CC4)CC3)C[C@H]2C1c1ccc(F)cc1)c1cc(C(F)(F)F)cc(C(F)(F)F)c1. The highest BCUT2D eigenvalue weighted by molar-refractivity contribution is 5.92. The number of hydrogen-bond donors (Lipinski definition) is 0. The van der Waals surface area contributed by atoms with Crippen LogP contribution in [-0.4, -0.2) is 53.3 Å². The van der Waals surface area contributed by atoms with Gasteiger partial charge in [0.05, 0.1) is 23.3 Å². The van der Waals surface area contributed by atoms with Gasteiger partial charge >= 0.3 is 12.4 Å². The molecule has 3 heterocycles. The molecule has 2 unspecified atom stereocenters. The minimum absolute atomic E-state index is 0.0722. The monoisotopic (exact) mass is 652 g/mol. The lowest BCUT2D eigenvalue weighted by atomic mass is 9.73. The Bertz CT molecular complexity index is 1460. The predicted octanol–water partition coefficient (Wildman–Crippen LogP) is 7.67. The molecule has 6 rings (SSSR count). The molecule has 2 aromatic carbocycles. The third-order valence-corrected chi connectivity index (χ3v) is 10.2. The first-order chi connectivity index (χ1) is 21.7. The molecule has 1 aliphatic carbocycles. The smallest absolute Gasteiger partial charge is 0.375 e. The molecule has 46 heavy (non-hydrogen) atoms. The Balaban J connectivity index is 1.24. The number of piperidine rings is 2. The molecule has 3 fully saturated rings. The van der Waals surface area contributed by atoms with Gasteiger partial charge in [-0.3, -0.25) is 9.59 Å². The number of carbonyl (C=O) groups excluding carboxylic acids is 2. The first kappa shape index (κ1) is 32.5. The molecule has 0 aromatic heterocycles. The van der Waals surface area contributed by atoms with E-state index in [-0.39, 0.29) is 47.7 Å². The van der Waals surface area contributed by atoms with Crippen LogP contribution in [-0.2, 0) is 26.7 Å². The van der Waals surface area contributed by atoms with Crippen molar-refractivity contribution in [3.8, 4) is 0 Å². The molecule has 0 saturated carbocycles. The van der Waals surface area contributed by atoms with Gasteiger partial charge in [0, 0.05) is 56.2 Å². The van der Waals surface area contributed by atoms with E-state index < -0.39 is 47.4 Å². The molecule has 0 radical (unpaired) electrons. The van der Waals surface area contributed by atoms with Gasteiger partial charge in [-0.1, -0.05) is 12.1 Å². The normalized spacial score (nSPS) is 26.8. The number of likely N-dealkylation sites (tertiary alicyclic amines) is 1. The molecular formula is C34H35F7N2O3. The second kappa shape index (κ2) is 12.3. The fraction of sp³-hybridized carbons (Fsp3) is 0.529. The van der Waals surface area contributed by atoms with Crippen LogP contribution in [0.4, 0.5) is 30.7 Å². The van der Waals surface area contributed by atoms with E-state index in [1.165, 1.54) is 19.1 Å². The van der Waals surface area contributed by atoms with Crippen molar-refractivity contribution < 1.29 is 45.1 Å². The summed E-state index contributed by atoms with van der Waals surface area (Å²) >= 11 is 0. The van der Waals surface area contributed by atoms with E-state index >= 15 is 0 Å². The van der Waals surface area contributed by atoms with E-state index in [9.17, 15) is 40.3 Å². The molecule has 2 aromatic rings. The highest BCUT2D eigenvalue weighted by Crippen LogP contribution is 2.47. The van der Waals surface area contributed by atoms with E-state index in [0.29, 0.717) is 37.0 Å². The summed E-state index contributed by atoms with van der Waals surface area (Å²) < 4.78 is 102. The standard InChI is InChI=1S/C34H35F7N2O3/c1-19(22-12-24(33(36,37)38)16-25(13-22)34(39,40)41)46-30-18-43-29(32(30)21-2-4-26(35)5-3-21)14-23(15-31(43)45)20-8-10-42(11-9-20)27-6-7-28(44)17-27/h2-5,12-13,16-17,19-20,23,29-30,32H,6-11,14-15,18H2,1H3/t19-,23?,29+,30+,32?/m1/s1. The number of ether oxygens (including phenoxy) is 1. The summed E-state index contributed by atoms with van der Waals surface area (Å²) in [6, 6.07) is 6.87. The van der Waals surface area contributed by atoms with Gasteiger partial charge in [-0.25, -0.2) is 4.39 Å². The third-order valence-electron chi connectivity index (χ3n) is 10.2. The quantitative estimate of drug-likeness (QED) is 0.301. The maximum Gasteiger partial charge on any atom is 0.416 e. The number of carbonyl (C=O) groups is 2. The fourth-order valence-corrected chi connectivity index (χ4v) is 7.83. The van der Waals surface area contributed by atoms with Gasteiger partial charge in [-0.15, -0.1) is 0 Å². The number of alkyl halides is 6. The van der Waals surface area contributed by atoms with E-state index in [1.54, 1.807) is 23.1 Å². The van der Waals surface area contributed by atoms with Crippen LogP contribution in [0.25, 0.3) is 0 Å². The Hall–Kier alpha value is -3.41. The highest BCUT2D eigenvalue weighted by atomic mass is 19.4. The second-order valence-electron chi connectivity index (χ2n) is 13.0. The summed E-state index contributed by atoms with van der Waals surface area (Å²) in [6.07, 6.45) is -6.18. The number of hydrogen-bond acceptors (Lipinski definition) is 4. The molecule has 0 spiro atoms. The molecule has 4 aliphatic rings. The zero-order valence-electron chi connectivity index (χ0n) is 25.2. The first-order valence-electron chi connectivity index (χ1n) is 15.7. The number of halogens is 7. The van der Waals surface area contributed by atoms with Gasteiger partial charge in [-0.2, -0.15) is 26.3 Å². The summed E-state index contributed by atoms with van der Waals surface area (Å²) in [5.41, 5.74) is -1.37. The van der Waals surface area contributed by atoms with Crippen LogP contribution in [0, 0.1) is 17.7 Å². The minimum Gasteiger partial charge on any atom is -0.375 e. The predicted molar refractivity (Wildman–Crippen MR) is 154 cm³/mol. The van der Waals surface area contributed by atoms with Crippen LogP contribution < -0.4 is 0 Å². The zero-order chi connectivity index (χ0) is 33.0. The van der Waals surface area contributed by atoms with E-state index in [4.69, 9.17) is 4.74 Å². The van der Waals surface area contributed by atoms with Gasteiger partial charge in [-0.05, 0) is 85.9 Å². The lowest BCUT2D eigenvalue weighted by Crippen LogP contribution is -2.47. The van der Waals surface area contributed by atoms with Crippen LogP contribution in [0.5, 0.6) is 0 Å². The summed E-state index contributed by atoms with van der Waals surface area (Å²) in [5, 5.41) is 0. The lowest BCUT2D eigenvalue weighted by Gasteiger charge is -2.43. The van der Waals surface area contributed by atoms with Gasteiger partial charge in [0.15, 0.2) is 5.78 Å². The molecule has 3 saturated heterocycles. The van der Waals surface area contributed by atoms with Crippen molar-refractivity contribution in [1.29, 1.82) is 0 Å². The van der Waals surface area contributed by atoms with Crippen molar-refractivity contribution >= 4 is 11.7 Å². The molecular weight excluding hydrogens is 617 g/mol. The highest BCUT2D eigenvalue weighted by Gasteiger charge is 2.50. The van der Waals surface area contributed by atoms with Crippen molar-refractivity contribution in [2.24, 2.45) is 11.8 Å². The van der Waals surface area contributed by atoms with Gasteiger partial charge in [0.1, 0.15) is 5.82 Å². The van der Waals surface area contributed by atoms with E-state index in [2.05, 4.69) is 4.90 Å². The van der Waals surface area contributed by atoms with Crippen LogP contribution in [0.2, 0.25) is 0 Å². The average Bonchev–Trinajstić information content (AvgIpc) is 3.60. The number of allylic oxidation sites excluding steroid dienone is 2. The van der Waals surface area contributed by atoms with E-state index in [1.807, 2.05) is 0 Å². The van der Waals surface area contributed by atoms with Crippen molar-refractivity contribution in [3.05, 3.63) is 82.3 Å². The largest absolute Gasteiger partial charge is 0.416 e. The summed E-state index contributed by atoms with van der Waals surface area (Å²) in [6.45, 7) is 3.11. The van der Waals surface area contributed by atoms with Crippen molar-refractivity contribution in [2.45, 2.75) is 82.0 Å².